The molecule has 2 heterocycles. The summed E-state index contributed by atoms with van der Waals surface area (Å²) in [7, 11) is 0. The van der Waals surface area contributed by atoms with E-state index in [1.54, 1.807) is 16.8 Å². The lowest BCUT2D eigenvalue weighted by Gasteiger charge is -2.14. The third-order valence-electron chi connectivity index (χ3n) is 3.72. The second-order valence-electron chi connectivity index (χ2n) is 5.28. The zero-order valence-electron chi connectivity index (χ0n) is 12.4. The lowest BCUT2D eigenvalue weighted by molar-refractivity contribution is 0.0896. The van der Waals surface area contributed by atoms with E-state index in [9.17, 15) is 4.79 Å². The highest BCUT2D eigenvalue weighted by molar-refractivity contribution is 5.96. The molecular weight excluding hydrogens is 250 g/mol. The quantitative estimate of drug-likeness (QED) is 0.685. The Balaban J connectivity index is 2.21. The molecule has 0 unspecified atom stereocenters. The number of carbonyl (C=O) groups is 1. The summed E-state index contributed by atoms with van der Waals surface area (Å²) in [6.45, 7) is 4.33. The van der Waals surface area contributed by atoms with E-state index in [-0.39, 0.29) is 11.7 Å². The summed E-state index contributed by atoms with van der Waals surface area (Å²) >= 11 is 0. The van der Waals surface area contributed by atoms with Crippen LogP contribution in [0.1, 0.15) is 62.9 Å². The third-order valence-corrected chi connectivity index (χ3v) is 3.72. The average Bonchev–Trinajstić information content (AvgIpc) is 2.91. The number of carbonyl (C=O) groups excluding carboxylic acids is 1. The predicted molar refractivity (Wildman–Crippen MR) is 79.9 cm³/mol. The lowest BCUT2D eigenvalue weighted by Crippen LogP contribution is -2.17. The van der Waals surface area contributed by atoms with E-state index < -0.39 is 0 Å². The molecule has 0 radical (unpaired) electrons. The van der Waals surface area contributed by atoms with Gasteiger partial charge in [-0.05, 0) is 18.9 Å². The molecule has 0 aliphatic heterocycles. The average molecular weight is 273 g/mol. The van der Waals surface area contributed by atoms with Gasteiger partial charge in [-0.15, -0.1) is 0 Å². The Hall–Kier alpha value is -1.71. The van der Waals surface area contributed by atoms with Crippen LogP contribution in [0.2, 0.25) is 0 Å². The molecule has 0 N–H and O–H groups in total. The minimum absolute atomic E-state index is 0.120. The number of nitrogens with zero attached hydrogens (tertiary/aromatic N) is 3. The fraction of sp³-hybridized carbons (Fsp3) is 0.562. The first kappa shape index (κ1) is 14.7. The van der Waals surface area contributed by atoms with Gasteiger partial charge in [0.15, 0.2) is 5.78 Å². The number of Topliss-reactive ketones (excluding diaryl/α,β-unsaturated/α-hetero) is 1. The van der Waals surface area contributed by atoms with Crippen LogP contribution in [0.4, 0.5) is 0 Å². The molecule has 0 fully saturated rings. The van der Waals surface area contributed by atoms with Crippen LogP contribution in [0, 0.1) is 5.92 Å². The van der Waals surface area contributed by atoms with E-state index in [4.69, 9.17) is 0 Å². The van der Waals surface area contributed by atoms with Crippen LogP contribution in [0.15, 0.2) is 24.7 Å². The summed E-state index contributed by atoms with van der Waals surface area (Å²) in [5.41, 5.74) is 0.672. The molecule has 20 heavy (non-hydrogen) atoms. The predicted octanol–water partition coefficient (Wildman–Crippen LogP) is 3.91. The topological polar surface area (TPSA) is 47.3 Å². The highest BCUT2D eigenvalue weighted by Crippen LogP contribution is 2.21. The van der Waals surface area contributed by atoms with Gasteiger partial charge in [-0.25, -0.2) is 9.97 Å². The van der Waals surface area contributed by atoms with Crippen molar-refractivity contribution in [2.45, 2.75) is 52.4 Å². The van der Waals surface area contributed by atoms with E-state index >= 15 is 0 Å². The van der Waals surface area contributed by atoms with Gasteiger partial charge in [-0.3, -0.25) is 9.20 Å². The molecule has 2 aromatic heterocycles. The molecule has 0 saturated carbocycles. The van der Waals surface area contributed by atoms with Crippen LogP contribution in [0.5, 0.6) is 0 Å². The summed E-state index contributed by atoms with van der Waals surface area (Å²) in [5.74, 6) is 0.933. The molecule has 0 aliphatic rings. The van der Waals surface area contributed by atoms with Gasteiger partial charge >= 0.3 is 0 Å². The van der Waals surface area contributed by atoms with Crippen molar-refractivity contribution in [3.63, 3.8) is 0 Å². The van der Waals surface area contributed by atoms with Crippen LogP contribution in [-0.4, -0.2) is 20.2 Å². The zero-order valence-corrected chi connectivity index (χ0v) is 12.4. The highest BCUT2D eigenvalue weighted by atomic mass is 16.1. The van der Waals surface area contributed by atoms with Crippen molar-refractivity contribution in [1.29, 1.82) is 0 Å². The van der Waals surface area contributed by atoms with Gasteiger partial charge in [-0.2, -0.15) is 0 Å². The second kappa shape index (κ2) is 7.17. The zero-order chi connectivity index (χ0) is 14.4. The second-order valence-corrected chi connectivity index (χ2v) is 5.28. The molecule has 0 atom stereocenters. The number of aromatic nitrogens is 3. The third kappa shape index (κ3) is 3.24. The maximum atomic E-state index is 12.7. The molecule has 0 spiro atoms. The van der Waals surface area contributed by atoms with E-state index in [1.807, 2.05) is 12.3 Å². The van der Waals surface area contributed by atoms with Crippen molar-refractivity contribution in [2.75, 3.05) is 0 Å². The number of hydrogen-bond donors (Lipinski definition) is 0. The number of fused-ring (bicyclic) bond motifs is 1. The van der Waals surface area contributed by atoms with Crippen LogP contribution in [0.25, 0.3) is 5.78 Å². The fourth-order valence-electron chi connectivity index (χ4n) is 2.53. The maximum absolute atomic E-state index is 12.7. The molecule has 4 heteroatoms. The van der Waals surface area contributed by atoms with Crippen molar-refractivity contribution in [3.8, 4) is 0 Å². The first-order chi connectivity index (χ1) is 9.77. The molecule has 108 valence electrons. The van der Waals surface area contributed by atoms with Crippen LogP contribution >= 0.6 is 0 Å². The number of rotatable bonds is 8. The van der Waals surface area contributed by atoms with Gasteiger partial charge < -0.3 is 0 Å². The number of imidazole rings is 1. The molecule has 0 aromatic carbocycles. The maximum Gasteiger partial charge on any atom is 0.234 e. The van der Waals surface area contributed by atoms with Crippen molar-refractivity contribution in [3.05, 3.63) is 30.4 Å². The first-order valence-electron chi connectivity index (χ1n) is 7.60. The summed E-state index contributed by atoms with van der Waals surface area (Å²) in [6, 6.07) is 1.83. The Morgan fingerprint density at radius 3 is 2.55 bits per heavy atom. The van der Waals surface area contributed by atoms with Crippen molar-refractivity contribution < 1.29 is 4.79 Å². The Morgan fingerprint density at radius 1 is 1.20 bits per heavy atom. The molecule has 0 aliphatic carbocycles. The number of hydrogen-bond acceptors (Lipinski definition) is 3. The van der Waals surface area contributed by atoms with Crippen LogP contribution in [0.3, 0.4) is 0 Å². The molecular formula is C16H23N3O. The standard InChI is InChI=1S/C16H23N3O/c1-3-5-8-13(9-6-4-2)15(20)14-12-18-16-17-10-7-11-19(14)16/h7,10-13H,3-6,8-9H2,1-2H3. The smallest absolute Gasteiger partial charge is 0.234 e. The summed E-state index contributed by atoms with van der Waals surface area (Å²) in [6.07, 6.45) is 11.6. The lowest BCUT2D eigenvalue weighted by atomic mass is 9.90. The fourth-order valence-corrected chi connectivity index (χ4v) is 2.53. The number of unbranched alkanes of at least 4 members (excludes halogenated alkanes) is 2. The molecule has 0 amide bonds. The SMILES string of the molecule is CCCCC(CCCC)C(=O)c1cnc2ncccn12. The molecule has 2 rings (SSSR count). The van der Waals surface area contributed by atoms with Gasteiger partial charge in [0.1, 0.15) is 5.69 Å². The minimum atomic E-state index is 0.120. The Labute approximate surface area is 120 Å². The van der Waals surface area contributed by atoms with E-state index in [1.165, 1.54) is 0 Å². The van der Waals surface area contributed by atoms with E-state index in [0.29, 0.717) is 11.5 Å². The van der Waals surface area contributed by atoms with Gasteiger partial charge in [0.25, 0.3) is 0 Å². The van der Waals surface area contributed by atoms with Gasteiger partial charge in [-0.1, -0.05) is 39.5 Å². The van der Waals surface area contributed by atoms with Crippen molar-refractivity contribution in [1.82, 2.24) is 14.4 Å². The molecule has 2 aromatic rings. The highest BCUT2D eigenvalue weighted by Gasteiger charge is 2.22. The van der Waals surface area contributed by atoms with Gasteiger partial charge in [0, 0.05) is 18.3 Å². The summed E-state index contributed by atoms with van der Waals surface area (Å²) in [4.78, 5) is 21.1. The van der Waals surface area contributed by atoms with Gasteiger partial charge in [0.05, 0.1) is 6.20 Å². The summed E-state index contributed by atoms with van der Waals surface area (Å²) < 4.78 is 1.80. The summed E-state index contributed by atoms with van der Waals surface area (Å²) in [5, 5.41) is 0. The molecule has 4 nitrogen and oxygen atoms in total. The first-order valence-corrected chi connectivity index (χ1v) is 7.60. The minimum Gasteiger partial charge on any atom is -0.292 e. The normalized spacial score (nSPS) is 11.3. The Morgan fingerprint density at radius 2 is 1.90 bits per heavy atom. The van der Waals surface area contributed by atoms with Crippen LogP contribution in [-0.2, 0) is 0 Å². The van der Waals surface area contributed by atoms with Gasteiger partial charge in [0.2, 0.25) is 5.78 Å². The molecule has 0 bridgehead atoms. The molecule has 0 saturated heterocycles. The van der Waals surface area contributed by atoms with Crippen molar-refractivity contribution >= 4 is 11.6 Å². The Kier molecular flexibility index (Phi) is 5.27. The monoisotopic (exact) mass is 273 g/mol. The van der Waals surface area contributed by atoms with E-state index in [0.717, 1.165) is 38.5 Å². The Bertz CT molecular complexity index is 554. The van der Waals surface area contributed by atoms with E-state index in [2.05, 4.69) is 23.8 Å². The number of ketones is 1. The van der Waals surface area contributed by atoms with Crippen LogP contribution < -0.4 is 0 Å². The largest absolute Gasteiger partial charge is 0.292 e. The van der Waals surface area contributed by atoms with Crippen molar-refractivity contribution in [2.24, 2.45) is 5.92 Å².